The van der Waals surface area contributed by atoms with Gasteiger partial charge in [0.1, 0.15) is 3.53 Å². The fraction of sp³-hybridized carbons (Fsp3) is 0.909. The standard InChI is InChI=1S/C33H63NO3S3/c1-6-8-10-12-14-16-18-20-22-24-26-37-32(36)29(3)28-30(31(35)34(4)5)40-33(38)39-27-25-23-21-19-17-15-13-11-9-7-2/h29-30H,6-28H2,1-5H3. The predicted octanol–water partition coefficient (Wildman–Crippen LogP) is 10.6. The van der Waals surface area contributed by atoms with Crippen LogP contribution in [-0.4, -0.2) is 52.0 Å². The molecule has 2 atom stereocenters. The summed E-state index contributed by atoms with van der Waals surface area (Å²) in [5.74, 6) is 0.499. The Morgan fingerprint density at radius 2 is 1.12 bits per heavy atom. The lowest BCUT2D eigenvalue weighted by Gasteiger charge is -2.22. The van der Waals surface area contributed by atoms with E-state index in [4.69, 9.17) is 17.0 Å². The summed E-state index contributed by atoms with van der Waals surface area (Å²) in [7, 11) is 3.54. The molecule has 0 fully saturated rings. The maximum Gasteiger partial charge on any atom is 0.308 e. The molecule has 0 spiro atoms. The minimum absolute atomic E-state index is 0.0150. The average molecular weight is 618 g/mol. The van der Waals surface area contributed by atoms with Crippen molar-refractivity contribution >= 4 is 51.1 Å². The van der Waals surface area contributed by atoms with Crippen molar-refractivity contribution in [3.8, 4) is 0 Å². The number of nitrogens with zero attached hydrogens (tertiary/aromatic N) is 1. The van der Waals surface area contributed by atoms with Gasteiger partial charge < -0.3 is 9.64 Å². The van der Waals surface area contributed by atoms with Crippen molar-refractivity contribution in [2.24, 2.45) is 5.92 Å². The largest absolute Gasteiger partial charge is 0.465 e. The number of ether oxygens (including phenoxy) is 1. The summed E-state index contributed by atoms with van der Waals surface area (Å²) in [4.78, 5) is 27.1. The Labute approximate surface area is 262 Å². The second kappa shape index (κ2) is 28.8. The highest BCUT2D eigenvalue weighted by molar-refractivity contribution is 8.47. The normalized spacial score (nSPS) is 12.7. The van der Waals surface area contributed by atoms with E-state index < -0.39 is 0 Å². The molecule has 0 saturated heterocycles. The average Bonchev–Trinajstić information content (AvgIpc) is 2.93. The van der Waals surface area contributed by atoms with Crippen molar-refractivity contribution < 1.29 is 14.3 Å². The maximum absolute atomic E-state index is 12.8. The van der Waals surface area contributed by atoms with Gasteiger partial charge in [0.2, 0.25) is 5.91 Å². The van der Waals surface area contributed by atoms with Gasteiger partial charge in [0.05, 0.1) is 17.8 Å². The first-order valence-electron chi connectivity index (χ1n) is 16.5. The minimum Gasteiger partial charge on any atom is -0.465 e. The van der Waals surface area contributed by atoms with Gasteiger partial charge >= 0.3 is 5.97 Å². The molecule has 0 aromatic carbocycles. The van der Waals surface area contributed by atoms with E-state index in [1.807, 2.05) is 6.92 Å². The van der Waals surface area contributed by atoms with Crippen LogP contribution in [0.5, 0.6) is 0 Å². The lowest BCUT2D eigenvalue weighted by atomic mass is 10.0. The van der Waals surface area contributed by atoms with Gasteiger partial charge in [0.15, 0.2) is 0 Å². The molecule has 0 saturated carbocycles. The van der Waals surface area contributed by atoms with Gasteiger partial charge in [-0.25, -0.2) is 0 Å². The number of thiocarbonyl (C=S) groups is 1. The van der Waals surface area contributed by atoms with Crippen LogP contribution in [0.15, 0.2) is 0 Å². The van der Waals surface area contributed by atoms with Gasteiger partial charge in [-0.2, -0.15) is 0 Å². The number of rotatable bonds is 27. The van der Waals surface area contributed by atoms with Crippen molar-refractivity contribution in [2.75, 3.05) is 26.5 Å². The monoisotopic (exact) mass is 617 g/mol. The molecular formula is C33H63NO3S3. The van der Waals surface area contributed by atoms with Crippen LogP contribution in [0.1, 0.15) is 156 Å². The summed E-state index contributed by atoms with van der Waals surface area (Å²) in [6.45, 7) is 6.87. The maximum atomic E-state index is 12.8. The molecule has 0 aliphatic heterocycles. The third kappa shape index (κ3) is 24.3. The molecule has 1 amide bonds. The van der Waals surface area contributed by atoms with Crippen LogP contribution in [0, 0.1) is 5.92 Å². The Morgan fingerprint density at radius 1 is 0.700 bits per heavy atom. The van der Waals surface area contributed by atoms with E-state index in [1.54, 1.807) is 30.8 Å². The first-order chi connectivity index (χ1) is 19.3. The molecule has 0 aliphatic carbocycles. The summed E-state index contributed by atoms with van der Waals surface area (Å²) in [5, 5.41) is -0.345. The number of unbranched alkanes of at least 4 members (excludes halogenated alkanes) is 18. The lowest BCUT2D eigenvalue weighted by Crippen LogP contribution is -2.34. The number of amides is 1. The van der Waals surface area contributed by atoms with Gasteiger partial charge in [-0.1, -0.05) is 160 Å². The van der Waals surface area contributed by atoms with Gasteiger partial charge in [-0.15, -0.1) is 11.8 Å². The minimum atomic E-state index is -0.345. The molecule has 4 nitrogen and oxygen atoms in total. The Morgan fingerprint density at radius 3 is 1.57 bits per heavy atom. The fourth-order valence-electron chi connectivity index (χ4n) is 4.70. The molecule has 0 aliphatic rings. The highest BCUT2D eigenvalue weighted by Gasteiger charge is 2.28. The van der Waals surface area contributed by atoms with Gasteiger partial charge in [0.25, 0.3) is 0 Å². The number of thioether (sulfide) groups is 2. The molecule has 2 unspecified atom stereocenters. The van der Waals surface area contributed by atoms with E-state index in [9.17, 15) is 9.59 Å². The third-order valence-electron chi connectivity index (χ3n) is 7.38. The van der Waals surface area contributed by atoms with Crippen LogP contribution in [0.3, 0.4) is 0 Å². The van der Waals surface area contributed by atoms with E-state index in [-0.39, 0.29) is 23.0 Å². The zero-order valence-electron chi connectivity index (χ0n) is 26.8. The van der Waals surface area contributed by atoms with Crippen molar-refractivity contribution in [3.63, 3.8) is 0 Å². The van der Waals surface area contributed by atoms with E-state index >= 15 is 0 Å². The summed E-state index contributed by atoms with van der Waals surface area (Å²) < 4.78 is 6.36. The zero-order chi connectivity index (χ0) is 29.8. The molecule has 0 rings (SSSR count). The van der Waals surface area contributed by atoms with E-state index in [0.717, 1.165) is 28.5 Å². The second-order valence-corrected chi connectivity index (χ2v) is 15.1. The molecule has 0 heterocycles. The number of carbonyl (C=O) groups excluding carboxylic acids is 2. The second-order valence-electron chi connectivity index (χ2n) is 11.6. The molecule has 7 heteroatoms. The van der Waals surface area contributed by atoms with E-state index in [2.05, 4.69) is 13.8 Å². The first-order valence-corrected chi connectivity index (χ1v) is 18.8. The highest BCUT2D eigenvalue weighted by atomic mass is 32.2. The summed E-state index contributed by atoms with van der Waals surface area (Å²) in [5.41, 5.74) is 0. The lowest BCUT2D eigenvalue weighted by molar-refractivity contribution is -0.148. The summed E-state index contributed by atoms with van der Waals surface area (Å²) in [6.07, 6.45) is 26.3. The predicted molar refractivity (Wildman–Crippen MR) is 184 cm³/mol. The molecule has 236 valence electrons. The molecule has 40 heavy (non-hydrogen) atoms. The first kappa shape index (κ1) is 39.7. The van der Waals surface area contributed by atoms with Crippen LogP contribution in [0.25, 0.3) is 0 Å². The third-order valence-corrected chi connectivity index (χ3v) is 10.3. The van der Waals surface area contributed by atoms with Crippen LogP contribution in [-0.2, 0) is 14.3 Å². The van der Waals surface area contributed by atoms with Crippen LogP contribution in [0.4, 0.5) is 0 Å². The number of esters is 1. The summed E-state index contributed by atoms with van der Waals surface area (Å²) in [6, 6.07) is 0. The molecule has 0 N–H and O–H groups in total. The molecular weight excluding hydrogens is 555 g/mol. The Balaban J connectivity index is 4.12. The Hall–Kier alpha value is -0.270. The molecule has 0 bridgehead atoms. The summed E-state index contributed by atoms with van der Waals surface area (Å²) >= 11 is 8.75. The van der Waals surface area contributed by atoms with Crippen molar-refractivity contribution in [1.82, 2.24) is 4.90 Å². The highest BCUT2D eigenvalue weighted by Crippen LogP contribution is 2.29. The zero-order valence-corrected chi connectivity index (χ0v) is 29.3. The molecule has 0 aromatic heterocycles. The number of carbonyl (C=O) groups is 2. The van der Waals surface area contributed by atoms with Crippen molar-refractivity contribution in [3.05, 3.63) is 0 Å². The van der Waals surface area contributed by atoms with Gasteiger partial charge in [0, 0.05) is 14.1 Å². The quantitative estimate of drug-likeness (QED) is 0.0519. The van der Waals surface area contributed by atoms with Gasteiger partial charge in [-0.05, 0) is 25.0 Å². The number of hydrogen-bond acceptors (Lipinski definition) is 6. The van der Waals surface area contributed by atoms with Crippen LogP contribution < -0.4 is 0 Å². The van der Waals surface area contributed by atoms with Crippen LogP contribution >= 0.6 is 35.7 Å². The van der Waals surface area contributed by atoms with E-state index in [1.165, 1.54) is 121 Å². The fourth-order valence-corrected chi connectivity index (χ4v) is 7.62. The van der Waals surface area contributed by atoms with Crippen molar-refractivity contribution in [2.45, 2.75) is 161 Å². The SMILES string of the molecule is CCCCCCCCCCCCOC(=O)C(C)CC(SC(=S)SCCCCCCCCCCCC)C(=O)N(C)C. The Kier molecular flexibility index (Phi) is 28.6. The van der Waals surface area contributed by atoms with Crippen molar-refractivity contribution in [1.29, 1.82) is 0 Å². The molecule has 0 aromatic rings. The smallest absolute Gasteiger partial charge is 0.308 e. The van der Waals surface area contributed by atoms with Crippen LogP contribution in [0.2, 0.25) is 0 Å². The van der Waals surface area contributed by atoms with Gasteiger partial charge in [-0.3, -0.25) is 9.59 Å². The number of hydrogen-bond donors (Lipinski definition) is 0. The topological polar surface area (TPSA) is 46.6 Å². The molecule has 0 radical (unpaired) electrons. The Bertz CT molecular complexity index is 630. The van der Waals surface area contributed by atoms with E-state index in [0.29, 0.717) is 13.0 Å².